The molecule has 0 bridgehead atoms. The van der Waals surface area contributed by atoms with Crippen LogP contribution in [0.5, 0.6) is 5.75 Å². The van der Waals surface area contributed by atoms with E-state index in [0.29, 0.717) is 5.92 Å². The van der Waals surface area contributed by atoms with Crippen LogP contribution in [0.3, 0.4) is 0 Å². The SMILES string of the molecule is CC.CC1COc2ccc(Cl)cc2C1. The summed E-state index contributed by atoms with van der Waals surface area (Å²) in [7, 11) is 0. The van der Waals surface area contributed by atoms with Crippen molar-refractivity contribution in [2.24, 2.45) is 5.92 Å². The first-order valence-electron chi connectivity index (χ1n) is 5.17. The number of benzene rings is 1. The molecule has 0 radical (unpaired) electrons. The van der Waals surface area contributed by atoms with Gasteiger partial charge in [-0.3, -0.25) is 0 Å². The van der Waals surface area contributed by atoms with Crippen molar-refractivity contribution < 1.29 is 4.74 Å². The second-order valence-corrected chi connectivity index (χ2v) is 3.81. The van der Waals surface area contributed by atoms with Gasteiger partial charge in [-0.15, -0.1) is 0 Å². The average Bonchev–Trinajstić information content (AvgIpc) is 2.20. The molecule has 0 spiro atoms. The van der Waals surface area contributed by atoms with Gasteiger partial charge in [0.25, 0.3) is 0 Å². The molecule has 0 saturated heterocycles. The second kappa shape index (κ2) is 5.26. The topological polar surface area (TPSA) is 9.23 Å². The van der Waals surface area contributed by atoms with Crippen molar-refractivity contribution >= 4 is 11.6 Å². The Labute approximate surface area is 91.0 Å². The van der Waals surface area contributed by atoms with Crippen LogP contribution in [0.15, 0.2) is 18.2 Å². The summed E-state index contributed by atoms with van der Waals surface area (Å²) in [6.07, 6.45) is 1.08. The summed E-state index contributed by atoms with van der Waals surface area (Å²) in [6.45, 7) is 7.01. The van der Waals surface area contributed by atoms with Crippen molar-refractivity contribution in [1.82, 2.24) is 0 Å². The predicted octanol–water partition coefficient (Wildman–Crippen LogP) is 3.94. The monoisotopic (exact) mass is 212 g/mol. The minimum Gasteiger partial charge on any atom is -0.493 e. The Morgan fingerprint density at radius 1 is 1.36 bits per heavy atom. The van der Waals surface area contributed by atoms with Crippen molar-refractivity contribution in [3.8, 4) is 5.75 Å². The lowest BCUT2D eigenvalue weighted by Gasteiger charge is -2.22. The first kappa shape index (κ1) is 11.4. The summed E-state index contributed by atoms with van der Waals surface area (Å²) < 4.78 is 5.53. The minimum atomic E-state index is 0.607. The smallest absolute Gasteiger partial charge is 0.122 e. The third-order valence-electron chi connectivity index (χ3n) is 2.11. The molecule has 2 rings (SSSR count). The maximum Gasteiger partial charge on any atom is 0.122 e. The molecule has 0 amide bonds. The van der Waals surface area contributed by atoms with E-state index in [2.05, 4.69) is 6.92 Å². The molecule has 0 saturated carbocycles. The first-order chi connectivity index (χ1) is 6.75. The highest BCUT2D eigenvalue weighted by Crippen LogP contribution is 2.29. The Morgan fingerprint density at radius 2 is 2.07 bits per heavy atom. The molecular formula is C12H17ClO. The second-order valence-electron chi connectivity index (χ2n) is 3.37. The summed E-state index contributed by atoms with van der Waals surface area (Å²) >= 11 is 5.87. The quantitative estimate of drug-likeness (QED) is 0.633. The van der Waals surface area contributed by atoms with Crippen LogP contribution in [-0.2, 0) is 6.42 Å². The van der Waals surface area contributed by atoms with Crippen LogP contribution in [-0.4, -0.2) is 6.61 Å². The Bertz CT molecular complexity index is 296. The van der Waals surface area contributed by atoms with Gasteiger partial charge in [0.15, 0.2) is 0 Å². The van der Waals surface area contributed by atoms with Crippen molar-refractivity contribution in [3.05, 3.63) is 28.8 Å². The van der Waals surface area contributed by atoms with Crippen molar-refractivity contribution in [3.63, 3.8) is 0 Å². The van der Waals surface area contributed by atoms with Crippen LogP contribution >= 0.6 is 11.6 Å². The van der Waals surface area contributed by atoms with Gasteiger partial charge >= 0.3 is 0 Å². The fourth-order valence-corrected chi connectivity index (χ4v) is 1.71. The van der Waals surface area contributed by atoms with Gasteiger partial charge in [0.2, 0.25) is 0 Å². The summed E-state index contributed by atoms with van der Waals surface area (Å²) in [5.41, 5.74) is 1.24. The van der Waals surface area contributed by atoms with Crippen molar-refractivity contribution in [2.75, 3.05) is 6.61 Å². The van der Waals surface area contributed by atoms with Crippen LogP contribution < -0.4 is 4.74 Å². The zero-order valence-corrected chi connectivity index (χ0v) is 9.77. The zero-order chi connectivity index (χ0) is 10.6. The van der Waals surface area contributed by atoms with E-state index in [1.165, 1.54) is 5.56 Å². The Morgan fingerprint density at radius 3 is 2.79 bits per heavy atom. The van der Waals surface area contributed by atoms with Gasteiger partial charge in [-0.05, 0) is 36.1 Å². The van der Waals surface area contributed by atoms with Gasteiger partial charge in [0.05, 0.1) is 6.61 Å². The number of rotatable bonds is 0. The molecule has 0 N–H and O–H groups in total. The first-order valence-corrected chi connectivity index (χ1v) is 5.55. The predicted molar refractivity (Wildman–Crippen MR) is 61.2 cm³/mol. The van der Waals surface area contributed by atoms with Crippen molar-refractivity contribution in [2.45, 2.75) is 27.2 Å². The molecular weight excluding hydrogens is 196 g/mol. The van der Waals surface area contributed by atoms with Crippen LogP contribution in [0.2, 0.25) is 5.02 Å². The highest BCUT2D eigenvalue weighted by atomic mass is 35.5. The molecule has 1 aromatic rings. The molecule has 2 heteroatoms. The number of fused-ring (bicyclic) bond motifs is 1. The van der Waals surface area contributed by atoms with E-state index < -0.39 is 0 Å². The molecule has 0 aliphatic carbocycles. The number of halogens is 1. The summed E-state index contributed by atoms with van der Waals surface area (Å²) in [6, 6.07) is 5.81. The molecule has 1 unspecified atom stereocenters. The lowest BCUT2D eigenvalue weighted by atomic mass is 9.99. The fourth-order valence-electron chi connectivity index (χ4n) is 1.51. The Kier molecular flexibility index (Phi) is 4.27. The molecule has 78 valence electrons. The van der Waals surface area contributed by atoms with E-state index in [4.69, 9.17) is 16.3 Å². The maximum absolute atomic E-state index is 5.87. The van der Waals surface area contributed by atoms with Gasteiger partial charge in [0.1, 0.15) is 5.75 Å². The molecule has 1 aliphatic heterocycles. The minimum absolute atomic E-state index is 0.607. The zero-order valence-electron chi connectivity index (χ0n) is 9.01. The summed E-state index contributed by atoms with van der Waals surface area (Å²) in [4.78, 5) is 0. The third-order valence-corrected chi connectivity index (χ3v) is 2.35. The summed E-state index contributed by atoms with van der Waals surface area (Å²) in [5.74, 6) is 1.61. The number of hydrogen-bond donors (Lipinski definition) is 0. The van der Waals surface area contributed by atoms with E-state index >= 15 is 0 Å². The van der Waals surface area contributed by atoms with Gasteiger partial charge in [-0.1, -0.05) is 32.4 Å². The van der Waals surface area contributed by atoms with Crippen LogP contribution in [0, 0.1) is 5.92 Å². The van der Waals surface area contributed by atoms with Crippen LogP contribution in [0.4, 0.5) is 0 Å². The van der Waals surface area contributed by atoms with Gasteiger partial charge in [-0.2, -0.15) is 0 Å². The van der Waals surface area contributed by atoms with E-state index in [9.17, 15) is 0 Å². The fraction of sp³-hybridized carbons (Fsp3) is 0.500. The summed E-state index contributed by atoms with van der Waals surface area (Å²) in [5, 5.41) is 0.798. The molecule has 14 heavy (non-hydrogen) atoms. The number of ether oxygens (including phenoxy) is 1. The normalized spacial score (nSPS) is 18.7. The van der Waals surface area contributed by atoms with E-state index in [1.54, 1.807) is 0 Å². The largest absolute Gasteiger partial charge is 0.493 e. The average molecular weight is 213 g/mol. The third kappa shape index (κ3) is 2.65. The molecule has 1 aromatic carbocycles. The van der Waals surface area contributed by atoms with E-state index in [1.807, 2.05) is 32.0 Å². The lowest BCUT2D eigenvalue weighted by Crippen LogP contribution is -2.17. The van der Waals surface area contributed by atoms with Crippen molar-refractivity contribution in [1.29, 1.82) is 0 Å². The van der Waals surface area contributed by atoms with Gasteiger partial charge in [0, 0.05) is 5.02 Å². The Balaban J connectivity index is 0.000000461. The highest BCUT2D eigenvalue weighted by molar-refractivity contribution is 6.30. The number of hydrogen-bond acceptors (Lipinski definition) is 1. The van der Waals surface area contributed by atoms with Crippen LogP contribution in [0.1, 0.15) is 26.3 Å². The maximum atomic E-state index is 5.87. The highest BCUT2D eigenvalue weighted by Gasteiger charge is 2.15. The molecule has 1 atom stereocenters. The van der Waals surface area contributed by atoms with E-state index in [0.717, 1.165) is 23.8 Å². The van der Waals surface area contributed by atoms with Crippen LogP contribution in [0.25, 0.3) is 0 Å². The molecule has 1 nitrogen and oxygen atoms in total. The Hall–Kier alpha value is -0.690. The molecule has 1 aliphatic rings. The van der Waals surface area contributed by atoms with E-state index in [-0.39, 0.29) is 0 Å². The standard InChI is InChI=1S/C10H11ClO.C2H6/c1-7-4-8-5-9(11)2-3-10(8)12-6-7;1-2/h2-3,5,7H,4,6H2,1H3;1-2H3. The molecule has 0 aromatic heterocycles. The molecule has 1 heterocycles. The lowest BCUT2D eigenvalue weighted by molar-refractivity contribution is 0.234. The van der Waals surface area contributed by atoms with Gasteiger partial charge in [-0.25, -0.2) is 0 Å². The molecule has 0 fully saturated rings. The van der Waals surface area contributed by atoms with Gasteiger partial charge < -0.3 is 4.74 Å².